The lowest BCUT2D eigenvalue weighted by atomic mass is 10.0. The van der Waals surface area contributed by atoms with Gasteiger partial charge in [0.2, 0.25) is 0 Å². The molecule has 3 aromatic rings. The fourth-order valence-corrected chi connectivity index (χ4v) is 3.46. The molecule has 2 aromatic heterocycles. The number of aromatic nitrogens is 2. The zero-order valence-electron chi connectivity index (χ0n) is 15.6. The van der Waals surface area contributed by atoms with Crippen molar-refractivity contribution in [2.24, 2.45) is 0 Å². The van der Waals surface area contributed by atoms with Crippen LogP contribution in [-0.4, -0.2) is 35.5 Å². The quantitative estimate of drug-likeness (QED) is 0.719. The van der Waals surface area contributed by atoms with Crippen LogP contribution in [0.2, 0.25) is 0 Å². The molecule has 0 radical (unpaired) electrons. The third-order valence-electron chi connectivity index (χ3n) is 4.91. The van der Waals surface area contributed by atoms with E-state index in [0.717, 1.165) is 31.0 Å². The van der Waals surface area contributed by atoms with E-state index < -0.39 is 0 Å². The average molecular weight is 373 g/mol. The highest BCUT2D eigenvalue weighted by molar-refractivity contribution is 5.98. The molecule has 28 heavy (non-hydrogen) atoms. The van der Waals surface area contributed by atoms with E-state index in [0.29, 0.717) is 12.1 Å². The predicted octanol–water partition coefficient (Wildman–Crippen LogP) is 2.56. The number of hydrogen-bond acceptors (Lipinski definition) is 5. The number of carbonyl (C=O) groups excluding carboxylic acids is 1. The first-order chi connectivity index (χ1) is 13.8. The van der Waals surface area contributed by atoms with Gasteiger partial charge in [0, 0.05) is 50.8 Å². The molecule has 0 spiro atoms. The molecule has 0 bridgehead atoms. The Balaban J connectivity index is 1.50. The van der Waals surface area contributed by atoms with E-state index in [2.05, 4.69) is 49.8 Å². The molecule has 0 saturated carbocycles. The van der Waals surface area contributed by atoms with Crippen molar-refractivity contribution in [3.05, 3.63) is 89.9 Å². The third kappa shape index (κ3) is 4.18. The molecular weight excluding hydrogens is 350 g/mol. The molecule has 6 nitrogen and oxygen atoms in total. The zero-order chi connectivity index (χ0) is 19.2. The lowest BCUT2D eigenvalue weighted by molar-refractivity contribution is 0.0951. The largest absolute Gasteiger partial charge is 0.353 e. The van der Waals surface area contributed by atoms with E-state index in [-0.39, 0.29) is 11.9 Å². The van der Waals surface area contributed by atoms with Gasteiger partial charge in [-0.05, 0) is 35.4 Å². The average Bonchev–Trinajstić information content (AvgIpc) is 2.79. The molecule has 1 unspecified atom stereocenters. The Kier molecular flexibility index (Phi) is 5.58. The fraction of sp³-hybridized carbons (Fsp3) is 0.227. The second kappa shape index (κ2) is 8.63. The number of hydrogen-bond donors (Lipinski definition) is 2. The number of carbonyl (C=O) groups is 1. The van der Waals surface area contributed by atoms with Crippen molar-refractivity contribution >= 4 is 11.7 Å². The number of piperazine rings is 1. The van der Waals surface area contributed by atoms with Crippen molar-refractivity contribution in [3.63, 3.8) is 0 Å². The third-order valence-corrected chi connectivity index (χ3v) is 4.91. The monoisotopic (exact) mass is 373 g/mol. The number of benzene rings is 1. The van der Waals surface area contributed by atoms with Crippen LogP contribution in [-0.2, 0) is 6.54 Å². The van der Waals surface area contributed by atoms with Gasteiger partial charge in [-0.2, -0.15) is 0 Å². The molecule has 1 atom stereocenters. The van der Waals surface area contributed by atoms with Gasteiger partial charge in [0.25, 0.3) is 5.91 Å². The Bertz CT molecular complexity index is 916. The Morgan fingerprint density at radius 3 is 2.71 bits per heavy atom. The molecular formula is C22H23N5O. The second-order valence-corrected chi connectivity index (χ2v) is 6.78. The number of rotatable bonds is 5. The maximum absolute atomic E-state index is 12.8. The smallest absolute Gasteiger partial charge is 0.255 e. The first kappa shape index (κ1) is 18.1. The molecule has 1 aromatic carbocycles. The first-order valence-electron chi connectivity index (χ1n) is 9.46. The summed E-state index contributed by atoms with van der Waals surface area (Å²) < 4.78 is 0. The van der Waals surface area contributed by atoms with Crippen LogP contribution >= 0.6 is 0 Å². The number of amides is 1. The van der Waals surface area contributed by atoms with Gasteiger partial charge < -0.3 is 15.5 Å². The van der Waals surface area contributed by atoms with Crippen LogP contribution in [0.3, 0.4) is 0 Å². The summed E-state index contributed by atoms with van der Waals surface area (Å²) in [4.78, 5) is 23.6. The van der Waals surface area contributed by atoms with Crippen LogP contribution in [0, 0.1) is 0 Å². The Labute approximate surface area is 164 Å². The minimum atomic E-state index is -0.116. The van der Waals surface area contributed by atoms with Gasteiger partial charge in [-0.25, -0.2) is 4.98 Å². The van der Waals surface area contributed by atoms with Gasteiger partial charge in [0.1, 0.15) is 5.82 Å². The SMILES string of the molecule is O=C(NCc1ccncc1)c1cccnc1N1CCNC(c2ccccc2)C1. The van der Waals surface area contributed by atoms with Crippen molar-refractivity contribution in [1.29, 1.82) is 0 Å². The molecule has 1 fully saturated rings. The summed E-state index contributed by atoms with van der Waals surface area (Å²) in [7, 11) is 0. The maximum atomic E-state index is 12.8. The molecule has 3 heterocycles. The second-order valence-electron chi connectivity index (χ2n) is 6.78. The van der Waals surface area contributed by atoms with Crippen LogP contribution in [0.15, 0.2) is 73.2 Å². The molecule has 1 aliphatic heterocycles. The van der Waals surface area contributed by atoms with Crippen LogP contribution in [0.1, 0.15) is 27.5 Å². The summed E-state index contributed by atoms with van der Waals surface area (Å²) in [5.41, 5.74) is 2.86. The molecule has 1 aliphatic rings. The molecule has 142 valence electrons. The normalized spacial score (nSPS) is 16.6. The summed E-state index contributed by atoms with van der Waals surface area (Å²) in [6.07, 6.45) is 5.19. The first-order valence-corrected chi connectivity index (χ1v) is 9.46. The van der Waals surface area contributed by atoms with Gasteiger partial charge in [-0.3, -0.25) is 9.78 Å². The van der Waals surface area contributed by atoms with E-state index in [1.165, 1.54) is 5.56 Å². The minimum absolute atomic E-state index is 0.116. The highest BCUT2D eigenvalue weighted by atomic mass is 16.1. The van der Waals surface area contributed by atoms with E-state index in [1.807, 2.05) is 30.3 Å². The van der Waals surface area contributed by atoms with Gasteiger partial charge in [0.15, 0.2) is 0 Å². The highest BCUT2D eigenvalue weighted by Crippen LogP contribution is 2.23. The van der Waals surface area contributed by atoms with Crippen molar-refractivity contribution in [1.82, 2.24) is 20.6 Å². The predicted molar refractivity (Wildman–Crippen MR) is 109 cm³/mol. The number of nitrogens with one attached hydrogen (secondary N) is 2. The molecule has 4 rings (SSSR count). The summed E-state index contributed by atoms with van der Waals surface area (Å²) in [5, 5.41) is 6.54. The maximum Gasteiger partial charge on any atom is 0.255 e. The van der Waals surface area contributed by atoms with Crippen molar-refractivity contribution in [2.75, 3.05) is 24.5 Å². The van der Waals surface area contributed by atoms with E-state index >= 15 is 0 Å². The topological polar surface area (TPSA) is 70.2 Å². The van der Waals surface area contributed by atoms with E-state index in [9.17, 15) is 4.79 Å². The zero-order valence-corrected chi connectivity index (χ0v) is 15.6. The standard InChI is InChI=1S/C22H23N5O/c28-22(26-15-17-8-11-23-12-9-17)19-7-4-10-25-21(19)27-14-13-24-20(16-27)18-5-2-1-3-6-18/h1-12,20,24H,13-16H2,(H,26,28). The van der Waals surface area contributed by atoms with Crippen LogP contribution in [0.5, 0.6) is 0 Å². The minimum Gasteiger partial charge on any atom is -0.353 e. The summed E-state index contributed by atoms with van der Waals surface area (Å²) >= 11 is 0. The Morgan fingerprint density at radius 1 is 1.07 bits per heavy atom. The number of pyridine rings is 2. The van der Waals surface area contributed by atoms with Crippen molar-refractivity contribution in [2.45, 2.75) is 12.6 Å². The lowest BCUT2D eigenvalue weighted by Gasteiger charge is -2.35. The van der Waals surface area contributed by atoms with Crippen molar-refractivity contribution < 1.29 is 4.79 Å². The number of anilines is 1. The molecule has 0 aliphatic carbocycles. The summed E-state index contributed by atoms with van der Waals surface area (Å²) in [6, 6.07) is 18.0. The van der Waals surface area contributed by atoms with E-state index in [4.69, 9.17) is 0 Å². The Hall–Kier alpha value is -3.25. The Morgan fingerprint density at radius 2 is 1.89 bits per heavy atom. The van der Waals surface area contributed by atoms with Crippen molar-refractivity contribution in [3.8, 4) is 0 Å². The van der Waals surface area contributed by atoms with Gasteiger partial charge in [-0.1, -0.05) is 30.3 Å². The summed E-state index contributed by atoms with van der Waals surface area (Å²) in [6.45, 7) is 2.88. The molecule has 1 saturated heterocycles. The van der Waals surface area contributed by atoms with Crippen LogP contribution < -0.4 is 15.5 Å². The van der Waals surface area contributed by atoms with Crippen LogP contribution in [0.25, 0.3) is 0 Å². The number of nitrogens with zero attached hydrogens (tertiary/aromatic N) is 3. The van der Waals surface area contributed by atoms with Gasteiger partial charge >= 0.3 is 0 Å². The summed E-state index contributed by atoms with van der Waals surface area (Å²) in [5.74, 6) is 0.617. The van der Waals surface area contributed by atoms with E-state index in [1.54, 1.807) is 18.6 Å². The fourth-order valence-electron chi connectivity index (χ4n) is 3.46. The molecule has 6 heteroatoms. The van der Waals surface area contributed by atoms with Gasteiger partial charge in [0.05, 0.1) is 5.56 Å². The lowest BCUT2D eigenvalue weighted by Crippen LogP contribution is -2.46. The molecule has 2 N–H and O–H groups in total. The van der Waals surface area contributed by atoms with Gasteiger partial charge in [-0.15, -0.1) is 0 Å². The van der Waals surface area contributed by atoms with Crippen LogP contribution in [0.4, 0.5) is 5.82 Å². The molecule has 1 amide bonds. The highest BCUT2D eigenvalue weighted by Gasteiger charge is 2.25.